The maximum Gasteiger partial charge on any atom is 0.258 e. The van der Waals surface area contributed by atoms with E-state index in [-0.39, 0.29) is 5.56 Å². The lowest BCUT2D eigenvalue weighted by Gasteiger charge is -1.97. The van der Waals surface area contributed by atoms with E-state index < -0.39 is 0 Å². The van der Waals surface area contributed by atoms with Gasteiger partial charge in [-0.05, 0) is 17.7 Å². The van der Waals surface area contributed by atoms with E-state index in [0.717, 1.165) is 16.4 Å². The van der Waals surface area contributed by atoms with E-state index in [4.69, 9.17) is 0 Å². The zero-order valence-electron chi connectivity index (χ0n) is 7.90. The lowest BCUT2D eigenvalue weighted by atomic mass is 10.1. The van der Waals surface area contributed by atoms with Gasteiger partial charge in [0, 0.05) is 5.33 Å². The summed E-state index contributed by atoms with van der Waals surface area (Å²) in [5, 5.41) is 1.42. The second-order valence-electron chi connectivity index (χ2n) is 3.06. The number of hydrogen-bond donors (Lipinski definition) is 1. The molecule has 0 fully saturated rings. The predicted molar refractivity (Wildman–Crippen MR) is 65.2 cm³/mol. The molecular weight excluding hydrogens is 256 g/mol. The number of rotatable bonds is 2. The molecule has 76 valence electrons. The Hall–Kier alpha value is -1.42. The van der Waals surface area contributed by atoms with Gasteiger partial charge in [-0.2, -0.15) is 0 Å². The molecule has 1 heterocycles. The molecule has 0 radical (unpaired) electrons. The first-order chi connectivity index (χ1) is 7.31. The summed E-state index contributed by atoms with van der Waals surface area (Å²) in [6.07, 6.45) is 5.35. The second-order valence-corrected chi connectivity index (χ2v) is 3.71. The van der Waals surface area contributed by atoms with Crippen LogP contribution in [-0.4, -0.2) is 15.3 Å². The van der Waals surface area contributed by atoms with E-state index in [1.54, 1.807) is 0 Å². The van der Waals surface area contributed by atoms with Crippen LogP contribution < -0.4 is 5.56 Å². The number of allylic oxidation sites excluding steroid dienone is 1. The Bertz CT molecular complexity index is 560. The lowest BCUT2D eigenvalue weighted by Crippen LogP contribution is -2.05. The fourth-order valence-electron chi connectivity index (χ4n) is 1.37. The molecule has 0 aliphatic heterocycles. The largest absolute Gasteiger partial charge is 0.313 e. The summed E-state index contributed by atoms with van der Waals surface area (Å²) in [6, 6.07) is 5.62. The van der Waals surface area contributed by atoms with Crippen molar-refractivity contribution < 1.29 is 0 Å². The first-order valence-electron chi connectivity index (χ1n) is 4.51. The second kappa shape index (κ2) is 4.40. The normalized spacial score (nSPS) is 11.3. The standard InChI is InChI=1S/C11H9BrN2O/c12-5-1-2-8-3-4-10-9(6-8)11(15)14-7-13-10/h1-4,6-7H,5H2,(H,13,14,15). The number of aromatic amines is 1. The highest BCUT2D eigenvalue weighted by molar-refractivity contribution is 9.09. The summed E-state index contributed by atoms with van der Waals surface area (Å²) in [5.41, 5.74) is 1.62. The molecule has 0 amide bonds. The van der Waals surface area contributed by atoms with Crippen molar-refractivity contribution in [2.24, 2.45) is 0 Å². The molecule has 0 saturated carbocycles. The third-order valence-corrected chi connectivity index (χ3v) is 2.44. The van der Waals surface area contributed by atoms with Crippen LogP contribution in [0.15, 0.2) is 35.4 Å². The summed E-state index contributed by atoms with van der Waals surface area (Å²) in [6.45, 7) is 0. The fourth-order valence-corrected chi connectivity index (χ4v) is 1.56. The van der Waals surface area contributed by atoms with Crippen molar-refractivity contribution in [2.75, 3.05) is 5.33 Å². The first-order valence-corrected chi connectivity index (χ1v) is 5.63. The van der Waals surface area contributed by atoms with E-state index in [1.165, 1.54) is 6.33 Å². The highest BCUT2D eigenvalue weighted by Crippen LogP contribution is 2.10. The highest BCUT2D eigenvalue weighted by Gasteiger charge is 1.98. The molecule has 0 bridgehead atoms. The molecule has 0 aliphatic rings. The van der Waals surface area contributed by atoms with Crippen molar-refractivity contribution in [1.82, 2.24) is 9.97 Å². The van der Waals surface area contributed by atoms with Gasteiger partial charge in [-0.1, -0.05) is 34.1 Å². The van der Waals surface area contributed by atoms with Crippen molar-refractivity contribution in [3.05, 3.63) is 46.5 Å². The molecule has 1 N–H and O–H groups in total. The minimum absolute atomic E-state index is 0.103. The molecule has 0 unspecified atom stereocenters. The summed E-state index contributed by atoms with van der Waals surface area (Å²) < 4.78 is 0. The Kier molecular flexibility index (Phi) is 2.97. The Morgan fingerprint density at radius 2 is 2.33 bits per heavy atom. The van der Waals surface area contributed by atoms with Crippen LogP contribution in [0.4, 0.5) is 0 Å². The van der Waals surface area contributed by atoms with Crippen LogP contribution in [0, 0.1) is 0 Å². The predicted octanol–water partition coefficient (Wildman–Crippen LogP) is 2.33. The highest BCUT2D eigenvalue weighted by atomic mass is 79.9. The molecule has 0 saturated heterocycles. The van der Waals surface area contributed by atoms with Crippen LogP contribution in [-0.2, 0) is 0 Å². The van der Waals surface area contributed by atoms with Crippen molar-refractivity contribution >= 4 is 32.9 Å². The van der Waals surface area contributed by atoms with E-state index in [1.807, 2.05) is 30.4 Å². The SMILES string of the molecule is O=c1[nH]cnc2ccc(C=CCBr)cc12. The van der Waals surface area contributed by atoms with Gasteiger partial charge in [0.15, 0.2) is 0 Å². The number of alkyl halides is 1. The average Bonchev–Trinajstić information content (AvgIpc) is 2.27. The average molecular weight is 265 g/mol. The quantitative estimate of drug-likeness (QED) is 0.847. The maximum atomic E-state index is 11.5. The molecule has 3 nitrogen and oxygen atoms in total. The molecule has 0 spiro atoms. The first kappa shape index (κ1) is 10.1. The van der Waals surface area contributed by atoms with Crippen LogP contribution in [0.1, 0.15) is 5.56 Å². The van der Waals surface area contributed by atoms with Crippen molar-refractivity contribution in [3.8, 4) is 0 Å². The molecule has 2 rings (SSSR count). The van der Waals surface area contributed by atoms with Crippen molar-refractivity contribution in [3.63, 3.8) is 0 Å². The van der Waals surface area contributed by atoms with E-state index in [2.05, 4.69) is 25.9 Å². The minimum Gasteiger partial charge on any atom is -0.313 e. The number of H-pyrrole nitrogens is 1. The smallest absolute Gasteiger partial charge is 0.258 e. The van der Waals surface area contributed by atoms with Gasteiger partial charge in [0.1, 0.15) is 0 Å². The summed E-state index contributed by atoms with van der Waals surface area (Å²) >= 11 is 3.30. The van der Waals surface area contributed by atoms with Gasteiger partial charge < -0.3 is 4.98 Å². The fraction of sp³-hybridized carbons (Fsp3) is 0.0909. The maximum absolute atomic E-state index is 11.5. The number of fused-ring (bicyclic) bond motifs is 1. The van der Waals surface area contributed by atoms with E-state index in [0.29, 0.717) is 5.39 Å². The number of benzene rings is 1. The van der Waals surface area contributed by atoms with Crippen LogP contribution in [0.5, 0.6) is 0 Å². The van der Waals surface area contributed by atoms with Crippen molar-refractivity contribution in [2.45, 2.75) is 0 Å². The monoisotopic (exact) mass is 264 g/mol. The number of nitrogens with zero attached hydrogens (tertiary/aromatic N) is 1. The van der Waals surface area contributed by atoms with Gasteiger partial charge in [0.25, 0.3) is 5.56 Å². The number of aromatic nitrogens is 2. The molecule has 2 aromatic rings. The number of halogens is 1. The van der Waals surface area contributed by atoms with Gasteiger partial charge in [-0.3, -0.25) is 4.79 Å². The summed E-state index contributed by atoms with van der Waals surface area (Å²) in [4.78, 5) is 18.1. The molecular formula is C11H9BrN2O. The Balaban J connectivity index is 2.60. The van der Waals surface area contributed by atoms with Crippen LogP contribution in [0.25, 0.3) is 17.0 Å². The number of hydrogen-bond acceptors (Lipinski definition) is 2. The third kappa shape index (κ3) is 2.15. The molecule has 4 heteroatoms. The lowest BCUT2D eigenvalue weighted by molar-refractivity contribution is 1.17. The van der Waals surface area contributed by atoms with Crippen LogP contribution in [0.3, 0.4) is 0 Å². The molecule has 15 heavy (non-hydrogen) atoms. The Morgan fingerprint density at radius 3 is 3.13 bits per heavy atom. The Morgan fingerprint density at radius 1 is 1.47 bits per heavy atom. The zero-order chi connectivity index (χ0) is 10.7. The molecule has 0 atom stereocenters. The van der Waals surface area contributed by atoms with Gasteiger partial charge in [0.05, 0.1) is 17.2 Å². The minimum atomic E-state index is -0.103. The van der Waals surface area contributed by atoms with Crippen molar-refractivity contribution in [1.29, 1.82) is 0 Å². The van der Waals surface area contributed by atoms with Gasteiger partial charge >= 0.3 is 0 Å². The van der Waals surface area contributed by atoms with Gasteiger partial charge in [-0.25, -0.2) is 4.98 Å². The van der Waals surface area contributed by atoms with E-state index in [9.17, 15) is 4.79 Å². The summed E-state index contributed by atoms with van der Waals surface area (Å²) in [7, 11) is 0. The zero-order valence-corrected chi connectivity index (χ0v) is 9.49. The molecule has 0 aliphatic carbocycles. The Labute approximate surface area is 95.0 Å². The molecule has 1 aromatic heterocycles. The van der Waals surface area contributed by atoms with E-state index >= 15 is 0 Å². The molecule has 1 aromatic carbocycles. The summed E-state index contributed by atoms with van der Waals surface area (Å²) in [5.74, 6) is 0. The topological polar surface area (TPSA) is 45.8 Å². The van der Waals surface area contributed by atoms with Crippen LogP contribution in [0.2, 0.25) is 0 Å². The third-order valence-electron chi connectivity index (χ3n) is 2.06. The number of nitrogens with one attached hydrogen (secondary N) is 1. The van der Waals surface area contributed by atoms with Crippen LogP contribution >= 0.6 is 15.9 Å². The van der Waals surface area contributed by atoms with Gasteiger partial charge in [0.2, 0.25) is 0 Å². The van der Waals surface area contributed by atoms with Gasteiger partial charge in [-0.15, -0.1) is 0 Å².